The van der Waals surface area contributed by atoms with Crippen molar-refractivity contribution in [1.82, 2.24) is 14.9 Å². The number of hydrogen-bond donors (Lipinski definition) is 1. The largest absolute Gasteiger partial charge is 0.459 e. The predicted molar refractivity (Wildman–Crippen MR) is 131 cm³/mol. The molecule has 2 aromatic heterocycles. The van der Waals surface area contributed by atoms with Crippen LogP contribution < -0.4 is 15.1 Å². The van der Waals surface area contributed by atoms with Crippen LogP contribution in [0, 0.1) is 5.82 Å². The molecule has 1 N–H and O–H groups in total. The van der Waals surface area contributed by atoms with Crippen molar-refractivity contribution in [1.29, 1.82) is 0 Å². The average molecular weight is 481 g/mol. The van der Waals surface area contributed by atoms with E-state index in [0.717, 1.165) is 32.7 Å². The minimum Gasteiger partial charge on any atom is -0.459 e. The molecule has 35 heavy (non-hydrogen) atoms. The maximum Gasteiger partial charge on any atom is 0.291 e. The summed E-state index contributed by atoms with van der Waals surface area (Å²) in [6, 6.07) is 6.68. The molecule has 0 saturated carbocycles. The van der Waals surface area contributed by atoms with Crippen LogP contribution in [0.3, 0.4) is 0 Å². The Bertz CT molecular complexity index is 1160. The van der Waals surface area contributed by atoms with Gasteiger partial charge in [0, 0.05) is 62.3 Å². The van der Waals surface area contributed by atoms with Crippen LogP contribution in [0.1, 0.15) is 17.5 Å². The van der Waals surface area contributed by atoms with Gasteiger partial charge in [-0.1, -0.05) is 0 Å². The summed E-state index contributed by atoms with van der Waals surface area (Å²) in [7, 11) is 2.08. The van der Waals surface area contributed by atoms with E-state index >= 15 is 4.39 Å². The van der Waals surface area contributed by atoms with Gasteiger partial charge in [0.1, 0.15) is 5.82 Å². The van der Waals surface area contributed by atoms with Crippen LogP contribution in [0.5, 0.6) is 0 Å². The smallest absolute Gasteiger partial charge is 0.291 e. The Hall–Kier alpha value is -3.50. The molecule has 5 rings (SSSR count). The molecule has 1 aromatic carbocycles. The zero-order valence-electron chi connectivity index (χ0n) is 19.9. The van der Waals surface area contributed by atoms with E-state index in [9.17, 15) is 4.79 Å². The van der Waals surface area contributed by atoms with Crippen molar-refractivity contribution >= 4 is 23.2 Å². The quantitative estimate of drug-likeness (QED) is 0.596. The molecular weight excluding hydrogens is 451 g/mol. The minimum atomic E-state index is -0.398. The van der Waals surface area contributed by atoms with Gasteiger partial charge in [-0.15, -0.1) is 0 Å². The first-order chi connectivity index (χ1) is 17.0. The fourth-order valence-electron chi connectivity index (χ4n) is 4.39. The Balaban J connectivity index is 1.48. The number of carbonyl (C=O) groups is 1. The maximum atomic E-state index is 15.5. The van der Waals surface area contributed by atoms with E-state index in [2.05, 4.69) is 39.1 Å². The zero-order valence-corrected chi connectivity index (χ0v) is 19.9. The number of benzene rings is 1. The summed E-state index contributed by atoms with van der Waals surface area (Å²) < 4.78 is 26.1. The van der Waals surface area contributed by atoms with Crippen LogP contribution in [0.15, 0.2) is 47.3 Å². The number of halogens is 1. The zero-order chi connectivity index (χ0) is 24.4. The molecule has 184 valence electrons. The third-order valence-electron chi connectivity index (χ3n) is 6.62. The standard InChI is InChI=1S/C25H29FN6O3/c1-17-16-32(6-5-30(17)2)22-13-20(26)19(12-21(22)29-24(33)23-4-3-9-35-23)18-14-27-25(28-15-18)31-7-10-34-11-8-31/h3-4,9,12-15,17H,5-8,10-11,16H2,1-2H3,(H,29,33). The Kier molecular flexibility index (Phi) is 6.65. The number of nitrogens with zero attached hydrogens (tertiary/aromatic N) is 5. The summed E-state index contributed by atoms with van der Waals surface area (Å²) >= 11 is 0. The van der Waals surface area contributed by atoms with Crippen LogP contribution in [0.4, 0.5) is 21.7 Å². The van der Waals surface area contributed by atoms with Gasteiger partial charge in [-0.3, -0.25) is 4.79 Å². The van der Waals surface area contributed by atoms with Crippen LogP contribution in [-0.2, 0) is 4.74 Å². The van der Waals surface area contributed by atoms with Crippen molar-refractivity contribution in [3.05, 3.63) is 54.5 Å². The lowest BCUT2D eigenvalue weighted by Crippen LogP contribution is -2.50. The van der Waals surface area contributed by atoms with Gasteiger partial charge in [-0.2, -0.15) is 0 Å². The predicted octanol–water partition coefficient (Wildman–Crippen LogP) is 3.10. The monoisotopic (exact) mass is 480 g/mol. The first-order valence-electron chi connectivity index (χ1n) is 11.8. The van der Waals surface area contributed by atoms with Crippen molar-refractivity contribution in [2.24, 2.45) is 0 Å². The highest BCUT2D eigenvalue weighted by atomic mass is 19.1. The Morgan fingerprint density at radius 2 is 1.89 bits per heavy atom. The molecule has 0 aliphatic carbocycles. The van der Waals surface area contributed by atoms with E-state index in [1.807, 2.05) is 4.90 Å². The lowest BCUT2D eigenvalue weighted by atomic mass is 10.0. The molecule has 9 nitrogen and oxygen atoms in total. The molecule has 10 heteroatoms. The van der Waals surface area contributed by atoms with Gasteiger partial charge < -0.3 is 29.2 Å². The van der Waals surface area contributed by atoms with Crippen LogP contribution >= 0.6 is 0 Å². The molecule has 0 bridgehead atoms. The molecule has 4 heterocycles. The van der Waals surface area contributed by atoms with Gasteiger partial charge in [-0.25, -0.2) is 14.4 Å². The Labute approximate surface area is 203 Å². The third kappa shape index (κ3) is 4.98. The number of ether oxygens (including phenoxy) is 1. The van der Waals surface area contributed by atoms with Gasteiger partial charge in [0.15, 0.2) is 5.76 Å². The van der Waals surface area contributed by atoms with Crippen molar-refractivity contribution in [3.8, 4) is 11.1 Å². The van der Waals surface area contributed by atoms with E-state index in [1.54, 1.807) is 30.6 Å². The SMILES string of the molecule is CC1CN(c2cc(F)c(-c3cnc(N4CCOCC4)nc3)cc2NC(=O)c2ccco2)CCN1C. The second kappa shape index (κ2) is 10.0. The number of likely N-dealkylation sites (N-methyl/N-ethyl adjacent to an activating group) is 1. The third-order valence-corrected chi connectivity index (χ3v) is 6.62. The van der Waals surface area contributed by atoms with Gasteiger partial charge >= 0.3 is 0 Å². The molecule has 2 aliphatic heterocycles. The van der Waals surface area contributed by atoms with Gasteiger partial charge in [0.05, 0.1) is 30.9 Å². The van der Waals surface area contributed by atoms with Crippen molar-refractivity contribution < 1.29 is 18.3 Å². The van der Waals surface area contributed by atoms with Crippen molar-refractivity contribution in [2.75, 3.05) is 68.1 Å². The number of furan rings is 1. The lowest BCUT2D eigenvalue weighted by Gasteiger charge is -2.39. The average Bonchev–Trinajstić information content (AvgIpc) is 3.43. The summed E-state index contributed by atoms with van der Waals surface area (Å²) in [4.78, 5) is 28.1. The van der Waals surface area contributed by atoms with Crippen molar-refractivity contribution in [3.63, 3.8) is 0 Å². The molecule has 1 unspecified atom stereocenters. The molecule has 0 spiro atoms. The number of hydrogen-bond acceptors (Lipinski definition) is 8. The number of morpholine rings is 1. The Morgan fingerprint density at radius 3 is 2.57 bits per heavy atom. The molecular formula is C25H29FN6O3. The van der Waals surface area contributed by atoms with Crippen molar-refractivity contribution in [2.45, 2.75) is 13.0 Å². The van der Waals surface area contributed by atoms with E-state index in [0.29, 0.717) is 47.7 Å². The number of piperazine rings is 1. The Morgan fingerprint density at radius 1 is 1.11 bits per heavy atom. The molecule has 2 saturated heterocycles. The van der Waals surface area contributed by atoms with E-state index in [4.69, 9.17) is 9.15 Å². The highest BCUT2D eigenvalue weighted by molar-refractivity contribution is 6.04. The number of nitrogens with one attached hydrogen (secondary N) is 1. The highest BCUT2D eigenvalue weighted by Crippen LogP contribution is 2.35. The fourth-order valence-corrected chi connectivity index (χ4v) is 4.39. The second-order valence-electron chi connectivity index (χ2n) is 8.93. The maximum absolute atomic E-state index is 15.5. The molecule has 1 atom stereocenters. The van der Waals surface area contributed by atoms with E-state index in [1.165, 1.54) is 12.3 Å². The van der Waals surface area contributed by atoms with E-state index in [-0.39, 0.29) is 5.76 Å². The molecule has 0 radical (unpaired) electrons. The summed E-state index contributed by atoms with van der Waals surface area (Å²) in [6.45, 7) is 7.11. The summed E-state index contributed by atoms with van der Waals surface area (Å²) in [6.07, 6.45) is 4.68. The van der Waals surface area contributed by atoms with Crippen LogP contribution in [0.25, 0.3) is 11.1 Å². The molecule has 3 aromatic rings. The van der Waals surface area contributed by atoms with Crippen LogP contribution in [-0.4, -0.2) is 79.8 Å². The van der Waals surface area contributed by atoms with Gasteiger partial charge in [0.2, 0.25) is 5.95 Å². The second-order valence-corrected chi connectivity index (χ2v) is 8.93. The normalized spacial score (nSPS) is 19.1. The molecule has 2 fully saturated rings. The number of amides is 1. The minimum absolute atomic E-state index is 0.187. The highest BCUT2D eigenvalue weighted by Gasteiger charge is 2.25. The first-order valence-corrected chi connectivity index (χ1v) is 11.8. The summed E-state index contributed by atoms with van der Waals surface area (Å²) in [5, 5.41) is 2.92. The fraction of sp³-hybridized carbons (Fsp3) is 0.400. The summed E-state index contributed by atoms with van der Waals surface area (Å²) in [5.41, 5.74) is 2.00. The topological polar surface area (TPSA) is 87.0 Å². The number of anilines is 3. The number of carbonyl (C=O) groups excluding carboxylic acids is 1. The van der Waals surface area contributed by atoms with Crippen LogP contribution in [0.2, 0.25) is 0 Å². The molecule has 2 aliphatic rings. The molecule has 1 amide bonds. The number of rotatable bonds is 5. The summed E-state index contributed by atoms with van der Waals surface area (Å²) in [5.74, 6) is -0.0150. The van der Waals surface area contributed by atoms with Gasteiger partial charge in [0.25, 0.3) is 5.91 Å². The number of aromatic nitrogens is 2. The van der Waals surface area contributed by atoms with E-state index < -0.39 is 11.7 Å². The lowest BCUT2D eigenvalue weighted by molar-refractivity contribution is 0.0996. The first kappa shape index (κ1) is 23.3. The van der Waals surface area contributed by atoms with Gasteiger partial charge in [-0.05, 0) is 38.2 Å².